The number of carbonyl (C=O) groups excluding carboxylic acids is 4. The molecule has 0 spiro atoms. The minimum absolute atomic E-state index is 0.00166. The third kappa shape index (κ3) is 9.32. The van der Waals surface area contributed by atoms with Gasteiger partial charge in [-0.15, -0.1) is 0 Å². The molecule has 0 aromatic carbocycles. The number of hydrogen-bond donors (Lipinski definition) is 1. The van der Waals surface area contributed by atoms with E-state index in [0.29, 0.717) is 25.8 Å². The Bertz CT molecular complexity index is 1810. The first-order valence-corrected chi connectivity index (χ1v) is 21.4. The van der Waals surface area contributed by atoms with Crippen molar-refractivity contribution in [1.82, 2.24) is 24.3 Å². The number of amides is 1. The second kappa shape index (κ2) is 19.1. The molecule has 3 saturated heterocycles. The Kier molecular flexibility index (Phi) is 15.0. The number of halogens is 1. The van der Waals surface area contributed by atoms with Crippen LogP contribution in [0.15, 0.2) is 37.1 Å². The molecule has 3 aliphatic heterocycles. The van der Waals surface area contributed by atoms with E-state index in [0.717, 1.165) is 18.2 Å². The molecule has 1 amide bonds. The Labute approximate surface area is 353 Å². The van der Waals surface area contributed by atoms with E-state index in [4.69, 9.17) is 23.7 Å². The SMILES string of the molecule is CC[C@H]1OC(=O)[C@@](C)(F)C(=O)[C@H](C)[C@@H](OC2O[C@H](C)C[C@H](N(C)C)[C@H]2O)[C@@](C)(OC)C[C@@H](C)C(=O)[C@H](C)[C@H]2N(CCCCn3cnc(-c4cccnc4)c3)C(=O)O[C@]12CC. The largest absolute Gasteiger partial charge is 0.455 e. The smallest absolute Gasteiger partial charge is 0.410 e. The molecule has 60 heavy (non-hydrogen) atoms. The molecule has 334 valence electrons. The normalized spacial score (nSPS) is 37.1. The number of likely N-dealkylation sites (N-methyl/N-ethyl adjacent to an activating group) is 1. The lowest BCUT2D eigenvalue weighted by molar-refractivity contribution is -0.295. The van der Waals surface area contributed by atoms with Crippen LogP contribution in [0.5, 0.6) is 0 Å². The van der Waals surface area contributed by atoms with Crippen molar-refractivity contribution in [2.45, 2.75) is 160 Å². The number of rotatable bonds is 12. The molecule has 1 unspecified atom stereocenters. The van der Waals surface area contributed by atoms with E-state index in [1.54, 1.807) is 58.2 Å². The Hall–Kier alpha value is -3.83. The number of nitrogens with zero attached hydrogens (tertiary/aromatic N) is 5. The zero-order valence-electron chi connectivity index (χ0n) is 37.1. The maximum absolute atomic E-state index is 17.0. The van der Waals surface area contributed by atoms with Crippen molar-refractivity contribution in [3.05, 3.63) is 37.1 Å². The number of unbranched alkanes of at least 4 members (excludes halogenated alkanes) is 1. The third-order valence-electron chi connectivity index (χ3n) is 13.2. The van der Waals surface area contributed by atoms with Crippen LogP contribution in [0.2, 0.25) is 0 Å². The second-order valence-corrected chi connectivity index (χ2v) is 17.7. The van der Waals surface area contributed by atoms with Gasteiger partial charge >= 0.3 is 12.1 Å². The number of ether oxygens (including phenoxy) is 5. The molecule has 3 aliphatic rings. The van der Waals surface area contributed by atoms with E-state index in [1.165, 1.54) is 14.0 Å². The van der Waals surface area contributed by atoms with Crippen molar-refractivity contribution < 1.29 is 52.4 Å². The molecule has 3 fully saturated rings. The van der Waals surface area contributed by atoms with Crippen LogP contribution in [0.4, 0.5) is 9.18 Å². The average Bonchev–Trinajstić information content (AvgIpc) is 3.82. The van der Waals surface area contributed by atoms with Gasteiger partial charge in [0.05, 0.1) is 35.9 Å². The summed E-state index contributed by atoms with van der Waals surface area (Å²) in [7, 11) is 5.06. The molecule has 0 bridgehead atoms. The molecule has 5 rings (SSSR count). The molecule has 5 heterocycles. The summed E-state index contributed by atoms with van der Waals surface area (Å²) in [5.74, 6) is -5.75. The number of ketones is 2. The molecule has 1 N–H and O–H groups in total. The highest BCUT2D eigenvalue weighted by Gasteiger charge is 2.63. The van der Waals surface area contributed by atoms with Gasteiger partial charge in [-0.1, -0.05) is 34.6 Å². The number of aliphatic hydroxyl groups excluding tert-OH is 1. The summed E-state index contributed by atoms with van der Waals surface area (Å²) in [6, 6.07) is 2.51. The van der Waals surface area contributed by atoms with Gasteiger partial charge < -0.3 is 43.2 Å². The lowest BCUT2D eigenvalue weighted by Gasteiger charge is -2.47. The number of Topliss-reactive ketones (excluding diaryl/α,β-unsaturated/α-hetero) is 2. The fraction of sp³-hybridized carbons (Fsp3) is 0.727. The number of cyclic esters (lactones) is 1. The van der Waals surface area contributed by atoms with Gasteiger partial charge in [0.25, 0.3) is 5.67 Å². The number of hydrogen-bond acceptors (Lipinski definition) is 13. The maximum Gasteiger partial charge on any atom is 0.410 e. The molecule has 2 aromatic heterocycles. The highest BCUT2D eigenvalue weighted by atomic mass is 19.1. The van der Waals surface area contributed by atoms with E-state index < -0.39 is 83.1 Å². The van der Waals surface area contributed by atoms with Crippen LogP contribution in [0.1, 0.15) is 93.9 Å². The standard InChI is InChI=1S/C44H66FN5O10/c1-12-33-44(13-2)36(50(41(55)60-44)20-15-14-19-49-24-31(47-25-49)30-17-16-18-46-23-30)28(5)34(51)26(3)22-42(7,56-11)38(29(6)37(53)43(8,45)40(54)58-33)59-39-35(52)32(48(9)10)21-27(4)57-39/h16-18,23-29,32-33,35-36,38-39,52H,12-15,19-22H2,1-11H3/t26-,27-,28+,29+,32+,33-,35-,36-,38-,39?,42+,43+,44-/m1/s1. The summed E-state index contributed by atoms with van der Waals surface area (Å²) in [6.07, 6.45) is 3.13. The maximum atomic E-state index is 17.0. The molecule has 0 saturated carbocycles. The number of carbonyl (C=O) groups is 4. The van der Waals surface area contributed by atoms with Crippen LogP contribution in [0.25, 0.3) is 11.3 Å². The van der Waals surface area contributed by atoms with Crippen LogP contribution in [-0.4, -0.2) is 140 Å². The van der Waals surface area contributed by atoms with Gasteiger partial charge in [-0.05, 0) is 85.5 Å². The minimum atomic E-state index is -3.18. The molecule has 2 aromatic rings. The summed E-state index contributed by atoms with van der Waals surface area (Å²) in [6.45, 7) is 13.6. The Morgan fingerprint density at radius 2 is 1.75 bits per heavy atom. The van der Waals surface area contributed by atoms with Crippen LogP contribution in [0.3, 0.4) is 0 Å². The molecular formula is C44H66FN5O10. The average molecular weight is 844 g/mol. The lowest BCUT2D eigenvalue weighted by Crippen LogP contribution is -2.62. The highest BCUT2D eigenvalue weighted by Crippen LogP contribution is 2.45. The van der Waals surface area contributed by atoms with Crippen molar-refractivity contribution in [3.8, 4) is 11.3 Å². The summed E-state index contributed by atoms with van der Waals surface area (Å²) >= 11 is 0. The van der Waals surface area contributed by atoms with Crippen LogP contribution >= 0.6 is 0 Å². The van der Waals surface area contributed by atoms with Gasteiger partial charge in [0.1, 0.15) is 18.0 Å². The van der Waals surface area contributed by atoms with Gasteiger partial charge in [0.15, 0.2) is 17.7 Å². The fourth-order valence-electron chi connectivity index (χ4n) is 9.72. The summed E-state index contributed by atoms with van der Waals surface area (Å²) in [5, 5.41) is 11.4. The van der Waals surface area contributed by atoms with E-state index >= 15 is 4.39 Å². The number of fused-ring (bicyclic) bond motifs is 1. The van der Waals surface area contributed by atoms with E-state index in [-0.39, 0.29) is 43.7 Å². The summed E-state index contributed by atoms with van der Waals surface area (Å²) in [5.41, 5.74) is -4.49. The number of aliphatic hydroxyl groups is 1. The monoisotopic (exact) mass is 843 g/mol. The van der Waals surface area contributed by atoms with Gasteiger partial charge in [-0.3, -0.25) is 14.6 Å². The number of aryl methyl sites for hydroxylation is 1. The van der Waals surface area contributed by atoms with E-state index in [9.17, 15) is 24.3 Å². The van der Waals surface area contributed by atoms with Gasteiger partial charge in [-0.25, -0.2) is 19.0 Å². The topological polar surface area (TPSA) is 172 Å². The van der Waals surface area contributed by atoms with Gasteiger partial charge in [-0.2, -0.15) is 0 Å². The highest BCUT2D eigenvalue weighted by molar-refractivity contribution is 6.08. The van der Waals surface area contributed by atoms with Gasteiger partial charge in [0.2, 0.25) is 0 Å². The van der Waals surface area contributed by atoms with Crippen LogP contribution in [0, 0.1) is 17.8 Å². The first-order valence-electron chi connectivity index (χ1n) is 21.4. The predicted octanol–water partition coefficient (Wildman–Crippen LogP) is 5.41. The van der Waals surface area contributed by atoms with Crippen molar-refractivity contribution >= 4 is 23.6 Å². The lowest BCUT2D eigenvalue weighted by atomic mass is 9.72. The number of pyridine rings is 1. The van der Waals surface area contributed by atoms with Crippen molar-refractivity contribution in [3.63, 3.8) is 0 Å². The summed E-state index contributed by atoms with van der Waals surface area (Å²) in [4.78, 5) is 69.2. The second-order valence-electron chi connectivity index (χ2n) is 17.7. The van der Waals surface area contributed by atoms with Crippen molar-refractivity contribution in [2.75, 3.05) is 27.7 Å². The van der Waals surface area contributed by atoms with Gasteiger partial charge in [0, 0.05) is 68.1 Å². The zero-order valence-corrected chi connectivity index (χ0v) is 37.1. The molecule has 16 heteroatoms. The number of esters is 1. The van der Waals surface area contributed by atoms with E-state index in [1.807, 2.05) is 48.8 Å². The van der Waals surface area contributed by atoms with E-state index in [2.05, 4.69) is 9.97 Å². The summed E-state index contributed by atoms with van der Waals surface area (Å²) < 4.78 is 49.8. The molecule has 15 nitrogen and oxygen atoms in total. The Morgan fingerprint density at radius 3 is 2.37 bits per heavy atom. The minimum Gasteiger partial charge on any atom is -0.455 e. The van der Waals surface area contributed by atoms with Crippen molar-refractivity contribution in [2.24, 2.45) is 17.8 Å². The first-order chi connectivity index (χ1) is 28.3. The first kappa shape index (κ1) is 47.2. The Balaban J connectivity index is 1.48. The Morgan fingerprint density at radius 1 is 1.05 bits per heavy atom. The third-order valence-corrected chi connectivity index (χ3v) is 13.2. The molecule has 0 radical (unpaired) electrons. The zero-order chi connectivity index (χ0) is 44.3. The molecule has 13 atom stereocenters. The quantitative estimate of drug-likeness (QED) is 0.164. The number of methoxy groups -OCH3 is 1. The van der Waals surface area contributed by atoms with Crippen LogP contribution in [-0.2, 0) is 44.6 Å². The number of imidazole rings is 1. The predicted molar refractivity (Wildman–Crippen MR) is 219 cm³/mol. The fourth-order valence-corrected chi connectivity index (χ4v) is 9.72. The van der Waals surface area contributed by atoms with Crippen LogP contribution < -0.4 is 0 Å². The molecule has 0 aliphatic carbocycles. The number of aromatic nitrogens is 3. The molecular weight excluding hydrogens is 778 g/mol. The van der Waals surface area contributed by atoms with Crippen molar-refractivity contribution in [1.29, 1.82) is 0 Å². The number of alkyl halides is 1.